The zero-order chi connectivity index (χ0) is 22.7. The van der Waals surface area contributed by atoms with Gasteiger partial charge in [0.15, 0.2) is 0 Å². The van der Waals surface area contributed by atoms with Gasteiger partial charge in [-0.3, -0.25) is 14.2 Å². The fourth-order valence-corrected chi connectivity index (χ4v) is 3.63. The Morgan fingerprint density at radius 3 is 2.84 bits per heavy atom. The number of fused-ring (bicyclic) bond motifs is 2. The van der Waals surface area contributed by atoms with Crippen molar-refractivity contribution in [1.82, 2.24) is 9.55 Å². The molecule has 32 heavy (non-hydrogen) atoms. The maximum atomic E-state index is 13.0. The second-order valence-corrected chi connectivity index (χ2v) is 7.21. The van der Waals surface area contributed by atoms with E-state index in [9.17, 15) is 14.4 Å². The van der Waals surface area contributed by atoms with Crippen LogP contribution >= 0.6 is 0 Å². The van der Waals surface area contributed by atoms with Crippen LogP contribution in [0.25, 0.3) is 22.6 Å². The van der Waals surface area contributed by atoms with Crippen LogP contribution in [0.4, 0.5) is 5.69 Å². The van der Waals surface area contributed by atoms with Crippen LogP contribution in [0.1, 0.15) is 24.7 Å². The van der Waals surface area contributed by atoms with Crippen LogP contribution in [0.3, 0.4) is 0 Å². The Hall–Kier alpha value is -4.20. The van der Waals surface area contributed by atoms with Crippen molar-refractivity contribution in [2.75, 3.05) is 11.9 Å². The fourth-order valence-electron chi connectivity index (χ4n) is 3.63. The number of aliphatic carboxylic acids is 1. The predicted molar refractivity (Wildman–Crippen MR) is 122 cm³/mol. The average Bonchev–Trinajstić information content (AvgIpc) is 3.15. The van der Waals surface area contributed by atoms with Crippen molar-refractivity contribution in [3.05, 3.63) is 76.4 Å². The van der Waals surface area contributed by atoms with E-state index < -0.39 is 11.9 Å². The summed E-state index contributed by atoms with van der Waals surface area (Å²) in [4.78, 5) is 40.1. The van der Waals surface area contributed by atoms with Crippen molar-refractivity contribution in [3.8, 4) is 5.75 Å². The molecule has 1 aliphatic rings. The molecule has 2 aromatic carbocycles. The molecular formula is C24H21N3O5. The Morgan fingerprint density at radius 1 is 1.22 bits per heavy atom. The van der Waals surface area contributed by atoms with Crippen LogP contribution < -0.4 is 15.6 Å². The van der Waals surface area contributed by atoms with Crippen molar-refractivity contribution in [3.63, 3.8) is 0 Å². The van der Waals surface area contributed by atoms with Gasteiger partial charge >= 0.3 is 5.97 Å². The van der Waals surface area contributed by atoms with E-state index in [1.54, 1.807) is 22.8 Å². The topological polar surface area (TPSA) is 111 Å². The second-order valence-electron chi connectivity index (χ2n) is 7.21. The van der Waals surface area contributed by atoms with Gasteiger partial charge in [0, 0.05) is 24.4 Å². The van der Waals surface area contributed by atoms with Crippen molar-refractivity contribution in [2.45, 2.75) is 19.9 Å². The summed E-state index contributed by atoms with van der Waals surface area (Å²) >= 11 is 0. The van der Waals surface area contributed by atoms with Crippen LogP contribution in [0.2, 0.25) is 0 Å². The predicted octanol–water partition coefficient (Wildman–Crippen LogP) is 3.32. The first-order valence-electron chi connectivity index (χ1n) is 10.1. The number of carbonyl (C=O) groups excluding carboxylic acids is 1. The van der Waals surface area contributed by atoms with Crippen LogP contribution in [0, 0.1) is 0 Å². The molecule has 1 amide bonds. The first-order valence-corrected chi connectivity index (χ1v) is 10.1. The zero-order valence-corrected chi connectivity index (χ0v) is 17.4. The summed E-state index contributed by atoms with van der Waals surface area (Å²) in [6.45, 7) is 3.06. The summed E-state index contributed by atoms with van der Waals surface area (Å²) in [5.41, 5.74) is 2.64. The average molecular weight is 431 g/mol. The highest BCUT2D eigenvalue weighted by molar-refractivity contribution is 6.03. The van der Waals surface area contributed by atoms with Gasteiger partial charge in [-0.25, -0.2) is 9.78 Å². The first-order chi connectivity index (χ1) is 15.4. The smallest absolute Gasteiger partial charge is 0.328 e. The van der Waals surface area contributed by atoms with Crippen molar-refractivity contribution in [2.24, 2.45) is 0 Å². The molecule has 0 aliphatic carbocycles. The number of anilines is 1. The minimum Gasteiger partial charge on any atom is -0.494 e. The van der Waals surface area contributed by atoms with Gasteiger partial charge in [-0.2, -0.15) is 0 Å². The van der Waals surface area contributed by atoms with Gasteiger partial charge in [0.25, 0.3) is 5.56 Å². The molecule has 162 valence electrons. The number of nitrogens with zero attached hydrogens (tertiary/aromatic N) is 2. The van der Waals surface area contributed by atoms with Crippen molar-refractivity contribution >= 4 is 40.1 Å². The van der Waals surface area contributed by atoms with Crippen LogP contribution in [-0.2, 0) is 16.1 Å². The monoisotopic (exact) mass is 431 g/mol. The molecular weight excluding hydrogens is 410 g/mol. The number of carbonyl (C=O) groups is 2. The molecule has 3 aromatic rings. The van der Waals surface area contributed by atoms with Gasteiger partial charge < -0.3 is 15.2 Å². The van der Waals surface area contributed by atoms with Crippen LogP contribution in [-0.4, -0.2) is 33.1 Å². The number of nitrogens with one attached hydrogen (secondary N) is 1. The number of allylic oxidation sites excluding steroid dienone is 1. The van der Waals surface area contributed by atoms with Crippen molar-refractivity contribution < 1.29 is 19.4 Å². The number of carboxylic acid groups (broad SMARTS) is 1. The Kier molecular flexibility index (Phi) is 5.85. The third kappa shape index (κ3) is 4.44. The highest BCUT2D eigenvalue weighted by Gasteiger charge is 2.21. The molecule has 4 rings (SSSR count). The van der Waals surface area contributed by atoms with Crippen molar-refractivity contribution in [1.29, 1.82) is 0 Å². The van der Waals surface area contributed by atoms with Gasteiger partial charge in [0.1, 0.15) is 11.6 Å². The van der Waals surface area contributed by atoms with E-state index in [0.717, 1.165) is 29.0 Å². The quantitative estimate of drug-likeness (QED) is 0.580. The number of amides is 1. The summed E-state index contributed by atoms with van der Waals surface area (Å²) in [6, 6.07) is 12.5. The van der Waals surface area contributed by atoms with E-state index in [4.69, 9.17) is 14.8 Å². The summed E-state index contributed by atoms with van der Waals surface area (Å²) in [5.74, 6) is -0.422. The Balaban J connectivity index is 1.69. The lowest BCUT2D eigenvalue weighted by Gasteiger charge is -2.08. The van der Waals surface area contributed by atoms with Gasteiger partial charge in [-0.05, 0) is 60.9 Å². The van der Waals surface area contributed by atoms with E-state index in [1.165, 1.54) is 0 Å². The minimum absolute atomic E-state index is 0.139. The maximum Gasteiger partial charge on any atom is 0.328 e. The SMILES string of the molecule is CCOc1cccc(/C=C2/CCn3c2nc2cc(NC(=O)/C=C\C(=O)O)ccc2c3=O)c1. The lowest BCUT2D eigenvalue weighted by molar-refractivity contribution is -0.131. The Labute approximate surface area is 183 Å². The molecule has 2 heterocycles. The number of hydrogen-bond donors (Lipinski definition) is 2. The molecule has 2 N–H and O–H groups in total. The number of aromatic nitrogens is 2. The molecule has 8 nitrogen and oxygen atoms in total. The molecule has 0 radical (unpaired) electrons. The van der Waals surface area contributed by atoms with E-state index in [0.29, 0.717) is 42.0 Å². The third-order valence-electron chi connectivity index (χ3n) is 5.00. The highest BCUT2D eigenvalue weighted by atomic mass is 16.5. The molecule has 0 fully saturated rings. The number of carboxylic acids is 1. The number of hydrogen-bond acceptors (Lipinski definition) is 5. The summed E-state index contributed by atoms with van der Waals surface area (Å²) in [6.07, 6.45) is 4.36. The molecule has 0 spiro atoms. The molecule has 0 saturated carbocycles. The summed E-state index contributed by atoms with van der Waals surface area (Å²) in [7, 11) is 0. The van der Waals surface area contributed by atoms with Crippen LogP contribution in [0.15, 0.2) is 59.4 Å². The zero-order valence-electron chi connectivity index (χ0n) is 17.4. The molecule has 0 atom stereocenters. The molecule has 0 bridgehead atoms. The summed E-state index contributed by atoms with van der Waals surface area (Å²) < 4.78 is 7.22. The molecule has 0 saturated heterocycles. The van der Waals surface area contributed by atoms with E-state index in [1.807, 2.05) is 37.3 Å². The van der Waals surface area contributed by atoms with E-state index in [-0.39, 0.29) is 5.56 Å². The number of benzene rings is 2. The highest BCUT2D eigenvalue weighted by Crippen LogP contribution is 2.29. The van der Waals surface area contributed by atoms with E-state index in [2.05, 4.69) is 5.32 Å². The lowest BCUT2D eigenvalue weighted by Crippen LogP contribution is -2.21. The standard InChI is InChI=1S/C24H21N3O5/c1-2-32-18-5-3-4-15(13-18)12-16-10-11-27-23(16)26-20-14-17(6-7-19(20)24(27)31)25-21(28)8-9-22(29)30/h3-9,12-14H,2,10-11H2,1H3,(H,25,28)(H,29,30)/b9-8-,16-12-. The maximum absolute atomic E-state index is 13.0. The molecule has 1 aromatic heterocycles. The normalized spacial score (nSPS) is 14.1. The minimum atomic E-state index is -1.21. The molecule has 1 aliphatic heterocycles. The molecule has 0 unspecified atom stereocenters. The molecule has 8 heteroatoms. The van der Waals surface area contributed by atoms with Gasteiger partial charge in [0.05, 0.1) is 17.5 Å². The summed E-state index contributed by atoms with van der Waals surface area (Å²) in [5, 5.41) is 11.7. The fraction of sp³-hybridized carbons (Fsp3) is 0.167. The van der Waals surface area contributed by atoms with Crippen LogP contribution in [0.5, 0.6) is 5.75 Å². The Morgan fingerprint density at radius 2 is 2.06 bits per heavy atom. The van der Waals surface area contributed by atoms with Gasteiger partial charge in [-0.15, -0.1) is 0 Å². The number of rotatable bonds is 6. The Bertz CT molecular complexity index is 1340. The third-order valence-corrected chi connectivity index (χ3v) is 5.00. The lowest BCUT2D eigenvalue weighted by atomic mass is 10.1. The van der Waals surface area contributed by atoms with E-state index >= 15 is 0 Å². The number of ether oxygens (including phenoxy) is 1. The van der Waals surface area contributed by atoms with Gasteiger partial charge in [-0.1, -0.05) is 12.1 Å². The first kappa shape index (κ1) is 21.0. The second kappa shape index (κ2) is 8.89. The largest absolute Gasteiger partial charge is 0.494 e. The van der Waals surface area contributed by atoms with Gasteiger partial charge in [0.2, 0.25) is 5.91 Å².